The van der Waals surface area contributed by atoms with Crippen molar-refractivity contribution in [3.05, 3.63) is 40.6 Å². The number of hydrogen-bond donors (Lipinski definition) is 0. The summed E-state index contributed by atoms with van der Waals surface area (Å²) >= 11 is 3.45. The van der Waals surface area contributed by atoms with E-state index < -0.39 is 0 Å². The van der Waals surface area contributed by atoms with Gasteiger partial charge in [-0.25, -0.2) is 4.68 Å². The second-order valence-electron chi connectivity index (χ2n) is 4.32. The molecule has 0 spiro atoms. The summed E-state index contributed by atoms with van der Waals surface area (Å²) in [5, 5.41) is 14.0. The van der Waals surface area contributed by atoms with E-state index in [1.165, 1.54) is 0 Å². The molecule has 0 amide bonds. The minimum Gasteiger partial charge on any atom is -0.439 e. The Morgan fingerprint density at radius 3 is 2.79 bits per heavy atom. The van der Waals surface area contributed by atoms with E-state index in [9.17, 15) is 0 Å². The summed E-state index contributed by atoms with van der Waals surface area (Å²) < 4.78 is 7.66. The van der Waals surface area contributed by atoms with Crippen LogP contribution in [-0.2, 0) is 12.4 Å². The molecule has 0 bridgehead atoms. The Morgan fingerprint density at radius 2 is 2.16 bits per heavy atom. The van der Waals surface area contributed by atoms with Gasteiger partial charge in [0, 0.05) is 17.9 Å². The van der Waals surface area contributed by atoms with Gasteiger partial charge in [-0.05, 0) is 31.5 Å². The summed E-state index contributed by atoms with van der Waals surface area (Å²) in [6.07, 6.45) is 0. The monoisotopic (exact) mass is 319 g/mol. The first-order valence-electron chi connectivity index (χ1n) is 5.84. The van der Waals surface area contributed by atoms with Crippen molar-refractivity contribution in [1.29, 1.82) is 5.26 Å². The lowest BCUT2D eigenvalue weighted by Crippen LogP contribution is -1.98. The number of nitriles is 1. The van der Waals surface area contributed by atoms with Crippen LogP contribution in [0.1, 0.15) is 22.4 Å². The molecule has 0 fully saturated rings. The molecule has 0 saturated heterocycles. The molecule has 2 rings (SSSR count). The normalized spacial score (nSPS) is 10.3. The molecule has 1 aromatic carbocycles. The summed E-state index contributed by atoms with van der Waals surface area (Å²) in [6.45, 7) is 3.90. The molecule has 1 heterocycles. The third-order valence-electron chi connectivity index (χ3n) is 2.95. The van der Waals surface area contributed by atoms with Gasteiger partial charge in [-0.15, -0.1) is 0 Å². The molecule has 0 atom stereocenters. The van der Waals surface area contributed by atoms with E-state index in [1.54, 1.807) is 16.8 Å². The Bertz CT molecular complexity index is 655. The van der Waals surface area contributed by atoms with Crippen molar-refractivity contribution in [2.24, 2.45) is 7.05 Å². The van der Waals surface area contributed by atoms with E-state index in [4.69, 9.17) is 10.00 Å². The zero-order valence-electron chi connectivity index (χ0n) is 11.1. The van der Waals surface area contributed by atoms with Gasteiger partial charge in [0.1, 0.15) is 5.75 Å². The predicted molar refractivity (Wildman–Crippen MR) is 76.5 cm³/mol. The summed E-state index contributed by atoms with van der Waals surface area (Å²) in [5.41, 5.74) is 3.52. The Labute approximate surface area is 120 Å². The molecule has 0 aliphatic rings. The van der Waals surface area contributed by atoms with Crippen molar-refractivity contribution in [1.82, 2.24) is 9.78 Å². The molecule has 0 radical (unpaired) electrons. The van der Waals surface area contributed by atoms with Crippen LogP contribution in [0.5, 0.6) is 11.6 Å². The quantitative estimate of drug-likeness (QED) is 0.812. The van der Waals surface area contributed by atoms with Gasteiger partial charge < -0.3 is 4.74 Å². The van der Waals surface area contributed by atoms with Crippen LogP contribution < -0.4 is 4.74 Å². The van der Waals surface area contributed by atoms with E-state index >= 15 is 0 Å². The fourth-order valence-electron chi connectivity index (χ4n) is 1.85. The van der Waals surface area contributed by atoms with Crippen molar-refractivity contribution in [3.63, 3.8) is 0 Å². The van der Waals surface area contributed by atoms with Gasteiger partial charge in [0.25, 0.3) is 0 Å². The van der Waals surface area contributed by atoms with Crippen LogP contribution in [0.15, 0.2) is 18.2 Å². The molecule has 2 aromatic rings. The number of alkyl halides is 1. The van der Waals surface area contributed by atoms with Gasteiger partial charge in [-0.3, -0.25) is 0 Å². The highest BCUT2D eigenvalue weighted by Crippen LogP contribution is 2.31. The molecule has 19 heavy (non-hydrogen) atoms. The van der Waals surface area contributed by atoms with Crippen LogP contribution in [0, 0.1) is 25.2 Å². The number of benzene rings is 1. The number of aromatic nitrogens is 2. The van der Waals surface area contributed by atoms with E-state index in [-0.39, 0.29) is 0 Å². The van der Waals surface area contributed by atoms with Crippen LogP contribution in [-0.4, -0.2) is 9.78 Å². The van der Waals surface area contributed by atoms with Gasteiger partial charge in [-0.1, -0.05) is 22.0 Å². The van der Waals surface area contributed by atoms with Crippen molar-refractivity contribution in [3.8, 4) is 17.7 Å². The first kappa shape index (κ1) is 13.6. The average Bonchev–Trinajstić information content (AvgIpc) is 2.66. The molecule has 0 unspecified atom stereocenters. The molecule has 4 nitrogen and oxygen atoms in total. The minimum atomic E-state index is 0.583. The Hall–Kier alpha value is -1.80. The fourth-order valence-corrected chi connectivity index (χ4v) is 2.49. The molecule has 5 heteroatoms. The van der Waals surface area contributed by atoms with E-state index in [0.29, 0.717) is 22.5 Å². The number of halogens is 1. The molecule has 98 valence electrons. The minimum absolute atomic E-state index is 0.583. The maximum absolute atomic E-state index is 8.95. The van der Waals surface area contributed by atoms with Gasteiger partial charge in [0.15, 0.2) is 0 Å². The summed E-state index contributed by atoms with van der Waals surface area (Å²) in [6, 6.07) is 7.52. The van der Waals surface area contributed by atoms with E-state index in [0.717, 1.165) is 16.8 Å². The highest BCUT2D eigenvalue weighted by atomic mass is 79.9. The number of nitrogens with zero attached hydrogens (tertiary/aromatic N) is 3. The number of rotatable bonds is 3. The highest BCUT2D eigenvalue weighted by molar-refractivity contribution is 9.08. The first-order valence-corrected chi connectivity index (χ1v) is 6.96. The van der Waals surface area contributed by atoms with Crippen LogP contribution in [0.3, 0.4) is 0 Å². The van der Waals surface area contributed by atoms with Gasteiger partial charge in [0.05, 0.1) is 17.3 Å². The standard InChI is InChI=1S/C14H14BrN3O/c1-9-4-5-11(8-16)6-13(9)19-14-12(7-15)10(2)17-18(14)3/h4-6H,7H2,1-3H3. The molecular formula is C14H14BrN3O. The zero-order chi connectivity index (χ0) is 14.0. The average molecular weight is 320 g/mol. The Balaban J connectivity index is 2.44. The van der Waals surface area contributed by atoms with E-state index in [2.05, 4.69) is 27.1 Å². The Morgan fingerprint density at radius 1 is 1.42 bits per heavy atom. The SMILES string of the molecule is Cc1ccc(C#N)cc1Oc1c(CBr)c(C)nn1C. The topological polar surface area (TPSA) is 50.8 Å². The van der Waals surface area contributed by atoms with Crippen LogP contribution >= 0.6 is 15.9 Å². The lowest BCUT2D eigenvalue weighted by atomic mass is 10.1. The number of hydrogen-bond acceptors (Lipinski definition) is 3. The van der Waals surface area contributed by atoms with Crippen LogP contribution in [0.25, 0.3) is 0 Å². The maximum Gasteiger partial charge on any atom is 0.221 e. The zero-order valence-corrected chi connectivity index (χ0v) is 12.7. The maximum atomic E-state index is 8.95. The van der Waals surface area contributed by atoms with Gasteiger partial charge in [0.2, 0.25) is 5.88 Å². The molecule has 0 aliphatic carbocycles. The van der Waals surface area contributed by atoms with Gasteiger partial charge in [-0.2, -0.15) is 10.4 Å². The third kappa shape index (κ3) is 2.64. The highest BCUT2D eigenvalue weighted by Gasteiger charge is 2.15. The third-order valence-corrected chi connectivity index (χ3v) is 3.51. The molecule has 0 saturated carbocycles. The second kappa shape index (κ2) is 5.45. The largest absolute Gasteiger partial charge is 0.439 e. The summed E-state index contributed by atoms with van der Waals surface area (Å²) in [5.74, 6) is 1.39. The van der Waals surface area contributed by atoms with E-state index in [1.807, 2.05) is 27.0 Å². The Kier molecular flexibility index (Phi) is 3.91. The van der Waals surface area contributed by atoms with Crippen molar-refractivity contribution in [2.75, 3.05) is 0 Å². The van der Waals surface area contributed by atoms with Crippen LogP contribution in [0.2, 0.25) is 0 Å². The van der Waals surface area contributed by atoms with Crippen molar-refractivity contribution in [2.45, 2.75) is 19.2 Å². The summed E-state index contributed by atoms with van der Waals surface area (Å²) in [7, 11) is 1.85. The first-order chi connectivity index (χ1) is 9.06. The van der Waals surface area contributed by atoms with Crippen molar-refractivity contribution >= 4 is 15.9 Å². The smallest absolute Gasteiger partial charge is 0.221 e. The second-order valence-corrected chi connectivity index (χ2v) is 4.88. The molecular weight excluding hydrogens is 306 g/mol. The fraction of sp³-hybridized carbons (Fsp3) is 0.286. The predicted octanol–water partition coefficient (Wildman–Crippen LogP) is 3.60. The lowest BCUT2D eigenvalue weighted by Gasteiger charge is -2.10. The molecule has 0 aliphatic heterocycles. The number of aryl methyl sites for hydroxylation is 3. The lowest BCUT2D eigenvalue weighted by molar-refractivity contribution is 0.424. The van der Waals surface area contributed by atoms with Crippen molar-refractivity contribution < 1.29 is 4.74 Å². The van der Waals surface area contributed by atoms with Crippen LogP contribution in [0.4, 0.5) is 0 Å². The molecule has 1 aromatic heterocycles. The molecule has 0 N–H and O–H groups in total. The summed E-state index contributed by atoms with van der Waals surface area (Å²) in [4.78, 5) is 0. The van der Waals surface area contributed by atoms with Gasteiger partial charge >= 0.3 is 0 Å². The number of ether oxygens (including phenoxy) is 1.